The Kier molecular flexibility index (Phi) is 4.62. The summed E-state index contributed by atoms with van der Waals surface area (Å²) in [6.45, 7) is 1.68. The summed E-state index contributed by atoms with van der Waals surface area (Å²) in [6, 6.07) is 1.41. The van der Waals surface area contributed by atoms with Crippen molar-refractivity contribution in [1.29, 1.82) is 0 Å². The molecule has 2 atom stereocenters. The first-order chi connectivity index (χ1) is 15.4. The van der Waals surface area contributed by atoms with E-state index in [4.69, 9.17) is 26.1 Å². The van der Waals surface area contributed by atoms with Crippen LogP contribution in [0.1, 0.15) is 36.6 Å². The maximum atomic E-state index is 13.3. The zero-order valence-corrected chi connectivity index (χ0v) is 17.6. The third kappa shape index (κ3) is 2.78. The summed E-state index contributed by atoms with van der Waals surface area (Å²) in [7, 11) is 0. The lowest BCUT2D eigenvalue weighted by Gasteiger charge is -2.34. The van der Waals surface area contributed by atoms with Gasteiger partial charge in [-0.25, -0.2) is 14.4 Å². The van der Waals surface area contributed by atoms with Crippen LogP contribution in [-0.2, 0) is 37.8 Å². The topological polar surface area (TPSA) is 116 Å². The molecule has 32 heavy (non-hydrogen) atoms. The number of aromatic nitrogens is 1. The Balaban J connectivity index is 1.71. The van der Waals surface area contributed by atoms with Gasteiger partial charge in [-0.2, -0.15) is 4.99 Å². The first-order valence-corrected chi connectivity index (χ1v) is 10.4. The summed E-state index contributed by atoms with van der Waals surface area (Å²) in [6.07, 6.45) is 7.74. The van der Waals surface area contributed by atoms with Crippen LogP contribution in [0.3, 0.4) is 0 Å². The number of carbonyl (C=O) groups is 2. The summed E-state index contributed by atoms with van der Waals surface area (Å²) >= 11 is 5.46. The Morgan fingerprint density at radius 3 is 3.00 bits per heavy atom. The van der Waals surface area contributed by atoms with Gasteiger partial charge in [0.15, 0.2) is 0 Å². The number of allylic oxidation sites excluding steroid dienone is 2. The number of hydrogen-bond acceptors (Lipinski definition) is 8. The van der Waals surface area contributed by atoms with Crippen LogP contribution >= 0.6 is 11.6 Å². The highest BCUT2D eigenvalue weighted by atomic mass is 35.5. The van der Waals surface area contributed by atoms with Gasteiger partial charge in [-0.05, 0) is 36.6 Å². The minimum absolute atomic E-state index is 0.0444. The van der Waals surface area contributed by atoms with Gasteiger partial charge in [-0.15, -0.1) is 0 Å². The molecule has 0 N–H and O–H groups in total. The van der Waals surface area contributed by atoms with Crippen LogP contribution in [0.4, 0.5) is 4.79 Å². The number of fused-ring (bicyclic) bond motifs is 5. The molecule has 1 aromatic rings. The normalized spacial score (nSPS) is 24.8. The maximum absolute atomic E-state index is 13.3. The van der Waals surface area contributed by atoms with E-state index in [-0.39, 0.29) is 42.3 Å². The number of pyridine rings is 1. The fourth-order valence-electron chi connectivity index (χ4n) is 4.71. The van der Waals surface area contributed by atoms with Crippen molar-refractivity contribution in [1.82, 2.24) is 4.57 Å². The molecular formula is C22H16ClN3O6. The van der Waals surface area contributed by atoms with E-state index in [1.54, 1.807) is 29.7 Å². The molecule has 0 amide bonds. The predicted molar refractivity (Wildman–Crippen MR) is 112 cm³/mol. The van der Waals surface area contributed by atoms with Crippen molar-refractivity contribution in [3.05, 3.63) is 68.3 Å². The number of cyclic esters (lactones) is 1. The molecule has 1 aromatic heterocycles. The van der Waals surface area contributed by atoms with Crippen LogP contribution in [0.5, 0.6) is 0 Å². The quantitative estimate of drug-likeness (QED) is 0.300. The number of nitrogens with zero attached hydrogens (tertiary/aromatic N) is 3. The van der Waals surface area contributed by atoms with Crippen LogP contribution in [0.25, 0.3) is 0 Å². The van der Waals surface area contributed by atoms with E-state index < -0.39 is 17.0 Å². The Hall–Kier alpha value is -3.55. The lowest BCUT2D eigenvalue weighted by atomic mass is 9.85. The van der Waals surface area contributed by atoms with E-state index in [1.165, 1.54) is 0 Å². The minimum atomic E-state index is -1.80. The molecule has 1 aliphatic carbocycles. The summed E-state index contributed by atoms with van der Waals surface area (Å²) in [5.41, 5.74) is 0.384. The van der Waals surface area contributed by atoms with Gasteiger partial charge >= 0.3 is 11.4 Å². The van der Waals surface area contributed by atoms with Crippen LogP contribution < -0.4 is 5.56 Å². The number of hydrogen-bond donors (Lipinski definition) is 0. The zero-order valence-electron chi connectivity index (χ0n) is 16.9. The molecule has 4 aliphatic rings. The molecule has 0 saturated heterocycles. The van der Waals surface area contributed by atoms with E-state index in [0.717, 1.165) is 11.1 Å². The number of aliphatic imine (C=N–C) groups is 2. The van der Waals surface area contributed by atoms with Crippen molar-refractivity contribution in [3.63, 3.8) is 0 Å². The largest absolute Gasteiger partial charge is 0.457 e. The maximum Gasteiger partial charge on any atom is 0.405 e. The molecule has 10 heteroatoms. The van der Waals surface area contributed by atoms with Crippen molar-refractivity contribution >= 4 is 34.8 Å². The van der Waals surface area contributed by atoms with E-state index in [2.05, 4.69) is 4.99 Å². The smallest absolute Gasteiger partial charge is 0.405 e. The second kappa shape index (κ2) is 7.25. The van der Waals surface area contributed by atoms with Gasteiger partial charge in [0.05, 0.1) is 35.3 Å². The Morgan fingerprint density at radius 1 is 1.47 bits per heavy atom. The van der Waals surface area contributed by atoms with Crippen LogP contribution in [-0.4, -0.2) is 33.8 Å². The molecule has 0 fully saturated rings. The Bertz CT molecular complexity index is 1330. The standard InChI is InChI=1S/C22H16ClN3O6/c1-2-22(32-21(23)30)14-7-17-18-11(8-26(17)19(28)13(14)9-31-20(22)29)6-12-15(24-10-27)4-3-5-16(12)25-18/h3-4,6-7,16H,2,5,8-9H2,1H3. The lowest BCUT2D eigenvalue weighted by molar-refractivity contribution is -0.171. The highest BCUT2D eigenvalue weighted by Crippen LogP contribution is 2.40. The Labute approximate surface area is 186 Å². The third-order valence-corrected chi connectivity index (χ3v) is 6.29. The fourth-order valence-corrected chi connectivity index (χ4v) is 4.84. The SMILES string of the molecule is CCC1(OC(=O)Cl)C(=O)OCc2c1cc1n(c2=O)CC2=CC3=C(N=C=O)C=CCC3N=C21. The van der Waals surface area contributed by atoms with Crippen LogP contribution in [0, 0.1) is 0 Å². The van der Waals surface area contributed by atoms with Gasteiger partial charge in [0.25, 0.3) is 5.56 Å². The number of halogens is 1. The number of rotatable bonds is 3. The number of ether oxygens (including phenoxy) is 2. The van der Waals surface area contributed by atoms with Gasteiger partial charge in [-0.3, -0.25) is 9.79 Å². The monoisotopic (exact) mass is 453 g/mol. The van der Waals surface area contributed by atoms with E-state index in [9.17, 15) is 19.2 Å². The molecular weight excluding hydrogens is 438 g/mol. The molecule has 0 aromatic carbocycles. The second-order valence-corrected chi connectivity index (χ2v) is 8.06. The fraction of sp³-hybridized carbons (Fsp3) is 0.318. The van der Waals surface area contributed by atoms with Crippen molar-refractivity contribution < 1.29 is 23.9 Å². The minimum Gasteiger partial charge on any atom is -0.457 e. The van der Waals surface area contributed by atoms with Gasteiger partial charge in [0, 0.05) is 22.7 Å². The Morgan fingerprint density at radius 2 is 2.28 bits per heavy atom. The molecule has 2 unspecified atom stereocenters. The number of esters is 1. The first-order valence-electron chi connectivity index (χ1n) is 10.00. The van der Waals surface area contributed by atoms with Gasteiger partial charge in [0.2, 0.25) is 11.7 Å². The average Bonchev–Trinajstić information content (AvgIpc) is 3.13. The number of isocyanates is 1. The molecule has 5 rings (SSSR count). The molecule has 4 heterocycles. The van der Waals surface area contributed by atoms with Crippen molar-refractivity contribution in [2.45, 2.75) is 44.6 Å². The molecule has 0 saturated carbocycles. The number of carbonyl (C=O) groups excluding carboxylic acids is 3. The first kappa shape index (κ1) is 20.4. The second-order valence-electron chi connectivity index (χ2n) is 7.75. The van der Waals surface area contributed by atoms with Gasteiger partial charge in [0.1, 0.15) is 6.61 Å². The molecule has 162 valence electrons. The lowest BCUT2D eigenvalue weighted by Crippen LogP contribution is -2.47. The van der Waals surface area contributed by atoms with Crippen molar-refractivity contribution in [3.8, 4) is 0 Å². The molecule has 0 spiro atoms. The van der Waals surface area contributed by atoms with Crippen molar-refractivity contribution in [2.75, 3.05) is 0 Å². The van der Waals surface area contributed by atoms with E-state index >= 15 is 0 Å². The summed E-state index contributed by atoms with van der Waals surface area (Å²) in [4.78, 5) is 57.0. The van der Waals surface area contributed by atoms with Gasteiger partial charge in [-0.1, -0.05) is 13.0 Å². The summed E-state index contributed by atoms with van der Waals surface area (Å²) in [5, 5.41) is 0. The molecule has 0 radical (unpaired) electrons. The van der Waals surface area contributed by atoms with Crippen molar-refractivity contribution in [2.24, 2.45) is 9.98 Å². The molecule has 0 bridgehead atoms. The molecule has 9 nitrogen and oxygen atoms in total. The summed E-state index contributed by atoms with van der Waals surface area (Å²) in [5.74, 6) is -0.774. The van der Waals surface area contributed by atoms with Gasteiger partial charge < -0.3 is 14.0 Å². The zero-order chi connectivity index (χ0) is 22.6. The van der Waals surface area contributed by atoms with Crippen LogP contribution in [0.15, 0.2) is 55.9 Å². The van der Waals surface area contributed by atoms with Crippen LogP contribution in [0.2, 0.25) is 0 Å². The predicted octanol–water partition coefficient (Wildman–Crippen LogP) is 2.55. The highest BCUT2D eigenvalue weighted by molar-refractivity contribution is 6.61. The van der Waals surface area contributed by atoms with E-state index in [1.807, 2.05) is 12.2 Å². The third-order valence-electron chi connectivity index (χ3n) is 6.21. The highest BCUT2D eigenvalue weighted by Gasteiger charge is 2.50. The number of dihydropyridines is 1. The summed E-state index contributed by atoms with van der Waals surface area (Å²) < 4.78 is 12.0. The molecule has 3 aliphatic heterocycles. The van der Waals surface area contributed by atoms with E-state index in [0.29, 0.717) is 23.5 Å². The average molecular weight is 454 g/mol.